The maximum absolute atomic E-state index is 12.6. The number of hydrogen-bond acceptors (Lipinski definition) is 4. The van der Waals surface area contributed by atoms with Crippen molar-refractivity contribution in [3.63, 3.8) is 0 Å². The van der Waals surface area contributed by atoms with E-state index in [9.17, 15) is 9.59 Å². The fourth-order valence-electron chi connectivity index (χ4n) is 3.37. The molecule has 150 valence electrons. The molecule has 8 heteroatoms. The summed E-state index contributed by atoms with van der Waals surface area (Å²) in [6, 6.07) is 8.67. The smallest absolute Gasteiger partial charge is 0.263 e. The topological polar surface area (TPSA) is 58.6 Å². The minimum absolute atomic E-state index is 0.0268. The van der Waals surface area contributed by atoms with Gasteiger partial charge < -0.3 is 15.0 Å². The van der Waals surface area contributed by atoms with Crippen molar-refractivity contribution in [3.8, 4) is 5.75 Å². The number of halogens is 2. The van der Waals surface area contributed by atoms with Gasteiger partial charge in [0.05, 0.1) is 21.3 Å². The van der Waals surface area contributed by atoms with Crippen molar-refractivity contribution >= 4 is 52.0 Å². The van der Waals surface area contributed by atoms with Crippen molar-refractivity contribution in [1.82, 2.24) is 4.90 Å². The molecule has 2 aromatic rings. The molecule has 0 spiro atoms. The Morgan fingerprint density at radius 2 is 2.11 bits per heavy atom. The zero-order chi connectivity index (χ0) is 20.1. The Bertz CT molecular complexity index is 856. The maximum atomic E-state index is 12.6. The number of ether oxygens (including phenoxy) is 1. The second kappa shape index (κ2) is 9.63. The molecule has 1 aromatic carbocycles. The number of likely N-dealkylation sites (tertiary alicyclic amines) is 1. The molecular weight excluding hydrogens is 419 g/mol. The summed E-state index contributed by atoms with van der Waals surface area (Å²) in [5, 5.41) is 3.32. The van der Waals surface area contributed by atoms with Gasteiger partial charge in [0.25, 0.3) is 5.91 Å². The molecule has 0 bridgehead atoms. The molecule has 1 aliphatic rings. The molecule has 1 fully saturated rings. The summed E-state index contributed by atoms with van der Waals surface area (Å²) < 4.78 is 5.73. The van der Waals surface area contributed by atoms with E-state index < -0.39 is 0 Å². The van der Waals surface area contributed by atoms with E-state index in [1.54, 1.807) is 37.4 Å². The summed E-state index contributed by atoms with van der Waals surface area (Å²) in [6.45, 7) is 1.43. The first kappa shape index (κ1) is 21.0. The van der Waals surface area contributed by atoms with Crippen LogP contribution in [0.25, 0.3) is 0 Å². The molecular formula is C20H22Cl2N2O3S. The SMILES string of the molecule is COc1ccc(NC(=O)CCC2CCCN(C(=O)c3ccc(Cl)s3)C2)cc1Cl. The Hall–Kier alpha value is -1.76. The van der Waals surface area contributed by atoms with E-state index in [1.807, 2.05) is 4.90 Å². The molecule has 1 unspecified atom stereocenters. The number of nitrogens with one attached hydrogen (secondary N) is 1. The van der Waals surface area contributed by atoms with Crippen LogP contribution in [0.15, 0.2) is 30.3 Å². The van der Waals surface area contributed by atoms with E-state index in [-0.39, 0.29) is 11.8 Å². The van der Waals surface area contributed by atoms with Gasteiger partial charge in [0.2, 0.25) is 5.91 Å². The Kier molecular flexibility index (Phi) is 7.21. The largest absolute Gasteiger partial charge is 0.495 e. The van der Waals surface area contributed by atoms with Crippen molar-refractivity contribution in [1.29, 1.82) is 0 Å². The zero-order valence-corrected chi connectivity index (χ0v) is 17.9. The van der Waals surface area contributed by atoms with Gasteiger partial charge in [-0.2, -0.15) is 0 Å². The van der Waals surface area contributed by atoms with E-state index in [4.69, 9.17) is 27.9 Å². The molecule has 1 saturated heterocycles. The van der Waals surface area contributed by atoms with Gasteiger partial charge in [0.1, 0.15) is 5.75 Å². The van der Waals surface area contributed by atoms with Gasteiger partial charge >= 0.3 is 0 Å². The fraction of sp³-hybridized carbons (Fsp3) is 0.400. The molecule has 1 aliphatic heterocycles. The Morgan fingerprint density at radius 3 is 2.79 bits per heavy atom. The van der Waals surface area contributed by atoms with Gasteiger partial charge in [-0.15, -0.1) is 11.3 Å². The normalized spacial score (nSPS) is 16.7. The minimum Gasteiger partial charge on any atom is -0.495 e. The number of hydrogen-bond donors (Lipinski definition) is 1. The number of carbonyl (C=O) groups is 2. The van der Waals surface area contributed by atoms with E-state index >= 15 is 0 Å². The Morgan fingerprint density at radius 1 is 1.29 bits per heavy atom. The van der Waals surface area contributed by atoms with Crippen LogP contribution in [0, 0.1) is 5.92 Å². The van der Waals surface area contributed by atoms with Crippen LogP contribution in [0.1, 0.15) is 35.4 Å². The Labute approximate surface area is 178 Å². The van der Waals surface area contributed by atoms with Gasteiger partial charge in [-0.05, 0) is 55.5 Å². The highest BCUT2D eigenvalue weighted by atomic mass is 35.5. The molecule has 0 radical (unpaired) electrons. The molecule has 0 aliphatic carbocycles. The molecule has 0 saturated carbocycles. The van der Waals surface area contributed by atoms with E-state index in [1.165, 1.54) is 11.3 Å². The van der Waals surface area contributed by atoms with Crippen molar-refractivity contribution in [2.75, 3.05) is 25.5 Å². The minimum atomic E-state index is -0.0604. The third-order valence-corrected chi connectivity index (χ3v) is 6.32. The maximum Gasteiger partial charge on any atom is 0.263 e. The fourth-order valence-corrected chi connectivity index (χ4v) is 4.64. The highest BCUT2D eigenvalue weighted by Gasteiger charge is 2.25. The molecule has 2 amide bonds. The number of carbonyl (C=O) groups excluding carboxylic acids is 2. The summed E-state index contributed by atoms with van der Waals surface area (Å²) in [6.07, 6.45) is 3.12. The van der Waals surface area contributed by atoms with Crippen LogP contribution in [0.2, 0.25) is 9.36 Å². The molecule has 3 rings (SSSR count). The lowest BCUT2D eigenvalue weighted by Gasteiger charge is -2.32. The lowest BCUT2D eigenvalue weighted by atomic mass is 9.93. The summed E-state index contributed by atoms with van der Waals surface area (Å²) in [4.78, 5) is 27.4. The van der Waals surface area contributed by atoms with Crippen LogP contribution >= 0.6 is 34.5 Å². The summed E-state index contributed by atoms with van der Waals surface area (Å²) in [7, 11) is 1.55. The van der Waals surface area contributed by atoms with Crippen LogP contribution in [0.4, 0.5) is 5.69 Å². The molecule has 28 heavy (non-hydrogen) atoms. The van der Waals surface area contributed by atoms with Crippen LogP contribution in [-0.4, -0.2) is 36.9 Å². The second-order valence-corrected chi connectivity index (χ2v) is 8.92. The highest BCUT2D eigenvalue weighted by Crippen LogP contribution is 2.28. The molecule has 1 aromatic heterocycles. The van der Waals surface area contributed by atoms with Gasteiger partial charge in [0, 0.05) is 25.2 Å². The van der Waals surface area contributed by atoms with Crippen molar-refractivity contribution in [2.45, 2.75) is 25.7 Å². The molecule has 1 N–H and O–H groups in total. The van der Waals surface area contributed by atoms with Crippen molar-refractivity contribution in [2.24, 2.45) is 5.92 Å². The van der Waals surface area contributed by atoms with Crippen LogP contribution in [0.3, 0.4) is 0 Å². The number of benzene rings is 1. The predicted molar refractivity (Wildman–Crippen MR) is 114 cm³/mol. The number of nitrogens with zero attached hydrogens (tertiary/aromatic N) is 1. The van der Waals surface area contributed by atoms with Gasteiger partial charge in [-0.1, -0.05) is 23.2 Å². The predicted octanol–water partition coefficient (Wildman–Crippen LogP) is 5.33. The quantitative estimate of drug-likeness (QED) is 0.659. The van der Waals surface area contributed by atoms with Crippen molar-refractivity contribution < 1.29 is 14.3 Å². The van der Waals surface area contributed by atoms with Gasteiger partial charge in [0.15, 0.2) is 0 Å². The Balaban J connectivity index is 1.49. The standard InChI is InChI=1S/C20H22Cl2N2O3S/c1-27-16-6-5-14(11-15(16)21)23-19(25)9-4-13-3-2-10-24(12-13)20(26)17-7-8-18(22)28-17/h5-8,11,13H,2-4,9-10,12H2,1H3,(H,23,25). The first-order valence-electron chi connectivity index (χ1n) is 9.14. The molecule has 5 nitrogen and oxygen atoms in total. The zero-order valence-electron chi connectivity index (χ0n) is 15.5. The number of rotatable bonds is 6. The monoisotopic (exact) mass is 440 g/mol. The van der Waals surface area contributed by atoms with Crippen LogP contribution in [0.5, 0.6) is 5.75 Å². The highest BCUT2D eigenvalue weighted by molar-refractivity contribution is 7.17. The third-order valence-electron chi connectivity index (χ3n) is 4.81. The van der Waals surface area contributed by atoms with E-state index in [2.05, 4.69) is 5.32 Å². The summed E-state index contributed by atoms with van der Waals surface area (Å²) in [5.41, 5.74) is 0.644. The third kappa shape index (κ3) is 5.40. The number of amides is 2. The van der Waals surface area contributed by atoms with Crippen molar-refractivity contribution in [3.05, 3.63) is 44.6 Å². The molecule has 2 heterocycles. The molecule has 1 atom stereocenters. The summed E-state index contributed by atoms with van der Waals surface area (Å²) >= 11 is 13.3. The van der Waals surface area contributed by atoms with Gasteiger partial charge in [-0.3, -0.25) is 9.59 Å². The first-order valence-corrected chi connectivity index (χ1v) is 10.7. The van der Waals surface area contributed by atoms with E-state index in [0.29, 0.717) is 44.6 Å². The van der Waals surface area contributed by atoms with Crippen LogP contribution in [-0.2, 0) is 4.79 Å². The van der Waals surface area contributed by atoms with Crippen LogP contribution < -0.4 is 10.1 Å². The van der Waals surface area contributed by atoms with Gasteiger partial charge in [-0.25, -0.2) is 0 Å². The summed E-state index contributed by atoms with van der Waals surface area (Å²) in [5.74, 6) is 0.852. The lowest BCUT2D eigenvalue weighted by Crippen LogP contribution is -2.39. The second-order valence-electron chi connectivity index (χ2n) is 6.80. The van der Waals surface area contributed by atoms with E-state index in [0.717, 1.165) is 25.8 Å². The average molecular weight is 441 g/mol. The average Bonchev–Trinajstić information content (AvgIpc) is 3.12. The lowest BCUT2D eigenvalue weighted by molar-refractivity contribution is -0.116. The number of methoxy groups -OCH3 is 1. The number of piperidine rings is 1. The first-order chi connectivity index (χ1) is 13.5. The number of thiophene rings is 1. The number of anilines is 1.